The summed E-state index contributed by atoms with van der Waals surface area (Å²) >= 11 is 0. The van der Waals surface area contributed by atoms with Crippen LogP contribution in [0.2, 0.25) is 0 Å². The van der Waals surface area contributed by atoms with Crippen molar-refractivity contribution < 1.29 is 28.8 Å². The molecule has 0 aromatic carbocycles. The Bertz CT molecular complexity index is 887. The number of esters is 1. The third-order valence-electron chi connectivity index (χ3n) is 10.3. The van der Waals surface area contributed by atoms with E-state index in [1.54, 1.807) is 0 Å². The molecule has 2 unspecified atom stereocenters. The Labute approximate surface area is 190 Å². The quantitative estimate of drug-likeness (QED) is 0.489. The largest absolute Gasteiger partial charge is 0.469 e. The van der Waals surface area contributed by atoms with E-state index in [0.717, 1.165) is 44.9 Å². The van der Waals surface area contributed by atoms with E-state index >= 15 is 0 Å². The molecule has 6 nitrogen and oxygen atoms in total. The van der Waals surface area contributed by atoms with Gasteiger partial charge in [-0.2, -0.15) is 0 Å². The molecule has 32 heavy (non-hydrogen) atoms. The maximum absolute atomic E-state index is 13.1. The van der Waals surface area contributed by atoms with Gasteiger partial charge in [-0.15, -0.1) is 0 Å². The minimum absolute atomic E-state index is 0.0666. The number of hydrogen-bond acceptors (Lipinski definition) is 6. The Kier molecular flexibility index (Phi) is 4.60. The van der Waals surface area contributed by atoms with Gasteiger partial charge in [0.1, 0.15) is 0 Å². The van der Waals surface area contributed by atoms with Gasteiger partial charge in [0, 0.05) is 36.0 Å². The second kappa shape index (κ2) is 6.91. The molecule has 0 radical (unpaired) electrons. The maximum Gasteiger partial charge on any atom is 0.313 e. The molecule has 2 spiro atoms. The Morgan fingerprint density at radius 2 is 1.88 bits per heavy atom. The zero-order valence-corrected chi connectivity index (χ0v) is 19.5. The summed E-state index contributed by atoms with van der Waals surface area (Å²) in [5.41, 5.74) is 2.25. The first-order valence-electron chi connectivity index (χ1n) is 12.4. The zero-order chi connectivity index (χ0) is 22.4. The van der Waals surface area contributed by atoms with Crippen LogP contribution in [0.15, 0.2) is 23.3 Å². The Balaban J connectivity index is 1.43. The van der Waals surface area contributed by atoms with Crippen molar-refractivity contribution in [3.8, 4) is 0 Å². The summed E-state index contributed by atoms with van der Waals surface area (Å²) in [6, 6.07) is 0. The molecule has 0 aromatic rings. The van der Waals surface area contributed by atoms with Crippen LogP contribution in [-0.4, -0.2) is 49.1 Å². The van der Waals surface area contributed by atoms with E-state index in [-0.39, 0.29) is 34.2 Å². The molecule has 6 rings (SSSR count). The molecular formula is C26H36O6. The van der Waals surface area contributed by atoms with Crippen LogP contribution in [0.1, 0.15) is 65.2 Å². The summed E-state index contributed by atoms with van der Waals surface area (Å²) in [5, 5.41) is 10.2. The summed E-state index contributed by atoms with van der Waals surface area (Å²) in [7, 11) is 1.50. The molecular weight excluding hydrogens is 408 g/mol. The lowest BCUT2D eigenvalue weighted by Crippen LogP contribution is -2.54. The molecule has 2 saturated heterocycles. The van der Waals surface area contributed by atoms with E-state index < -0.39 is 12.1 Å². The third-order valence-corrected chi connectivity index (χ3v) is 10.3. The first-order valence-corrected chi connectivity index (χ1v) is 12.4. The highest BCUT2D eigenvalue weighted by atomic mass is 16.7. The van der Waals surface area contributed by atoms with Crippen LogP contribution in [0.25, 0.3) is 0 Å². The minimum atomic E-state index is -0.663. The van der Waals surface area contributed by atoms with Crippen molar-refractivity contribution in [3.63, 3.8) is 0 Å². The van der Waals surface area contributed by atoms with Crippen molar-refractivity contribution in [1.29, 1.82) is 0 Å². The lowest BCUT2D eigenvalue weighted by Gasteiger charge is -2.57. The van der Waals surface area contributed by atoms with Crippen LogP contribution in [0, 0.1) is 28.6 Å². The third kappa shape index (κ3) is 2.64. The molecule has 4 aliphatic carbocycles. The first-order chi connectivity index (χ1) is 15.3. The number of rotatable bonds is 1. The molecule has 2 saturated carbocycles. The molecule has 2 heterocycles. The predicted molar refractivity (Wildman–Crippen MR) is 116 cm³/mol. The Morgan fingerprint density at radius 3 is 2.56 bits per heavy atom. The van der Waals surface area contributed by atoms with Crippen molar-refractivity contribution in [3.05, 3.63) is 23.3 Å². The topological polar surface area (TPSA) is 74.2 Å². The standard InChI is InChI=1S/C26H36O6/c1-23-10-11-26(30-12-13-31-26)15-16(23)14-17(22(28)29-3)21-18(23)4-7-24(2)19(21)5-8-25(24)9-6-20(27)32-25/h4,14,17,19-21,27H,5-13,15H2,1-3H3/t17-,19+,20?,21-,23+,24+,25?/m1/s1. The molecule has 176 valence electrons. The number of hydrogen-bond donors (Lipinski definition) is 1. The summed E-state index contributed by atoms with van der Waals surface area (Å²) < 4.78 is 23.7. The molecule has 0 amide bonds. The van der Waals surface area contributed by atoms with E-state index in [0.29, 0.717) is 25.6 Å². The number of carbonyl (C=O) groups is 1. The van der Waals surface area contributed by atoms with E-state index in [1.807, 2.05) is 0 Å². The molecule has 0 bridgehead atoms. The molecule has 2 aliphatic heterocycles. The minimum Gasteiger partial charge on any atom is -0.469 e. The summed E-state index contributed by atoms with van der Waals surface area (Å²) in [4.78, 5) is 13.1. The smallest absolute Gasteiger partial charge is 0.313 e. The second-order valence-electron chi connectivity index (χ2n) is 11.4. The molecule has 6 heteroatoms. The van der Waals surface area contributed by atoms with E-state index in [9.17, 15) is 9.90 Å². The normalized spacial score (nSPS) is 48.8. The number of ether oxygens (including phenoxy) is 4. The fraction of sp³-hybridized carbons (Fsp3) is 0.808. The number of fused-ring (bicyclic) bond motifs is 6. The van der Waals surface area contributed by atoms with Gasteiger partial charge in [0.2, 0.25) is 0 Å². The maximum atomic E-state index is 13.1. The summed E-state index contributed by atoms with van der Waals surface area (Å²) in [6.07, 6.45) is 11.1. The van der Waals surface area contributed by atoms with E-state index in [2.05, 4.69) is 26.0 Å². The number of allylic oxidation sites excluding steroid dienone is 2. The fourth-order valence-electron chi connectivity index (χ4n) is 8.46. The van der Waals surface area contributed by atoms with Crippen LogP contribution in [0.5, 0.6) is 0 Å². The second-order valence-corrected chi connectivity index (χ2v) is 11.4. The molecule has 1 N–H and O–H groups in total. The molecule has 7 atom stereocenters. The van der Waals surface area contributed by atoms with Crippen molar-refractivity contribution in [1.82, 2.24) is 0 Å². The van der Waals surface area contributed by atoms with Gasteiger partial charge in [0.05, 0.1) is 31.8 Å². The van der Waals surface area contributed by atoms with Crippen LogP contribution in [0.3, 0.4) is 0 Å². The van der Waals surface area contributed by atoms with Gasteiger partial charge in [-0.3, -0.25) is 4.79 Å². The average molecular weight is 445 g/mol. The highest BCUT2D eigenvalue weighted by Crippen LogP contribution is 2.69. The average Bonchev–Trinajstić information content (AvgIpc) is 3.47. The van der Waals surface area contributed by atoms with Gasteiger partial charge in [-0.25, -0.2) is 0 Å². The highest BCUT2D eigenvalue weighted by molar-refractivity contribution is 5.77. The number of aliphatic hydroxyl groups excluding tert-OH is 1. The van der Waals surface area contributed by atoms with Crippen LogP contribution in [0.4, 0.5) is 0 Å². The molecule has 4 fully saturated rings. The van der Waals surface area contributed by atoms with Gasteiger partial charge >= 0.3 is 5.97 Å². The first kappa shape index (κ1) is 21.3. The summed E-state index contributed by atoms with van der Waals surface area (Å²) in [5.74, 6) is -0.511. The lowest BCUT2D eigenvalue weighted by molar-refractivity contribution is -0.186. The predicted octanol–water partition coefficient (Wildman–Crippen LogP) is 3.88. The molecule has 6 aliphatic rings. The van der Waals surface area contributed by atoms with Gasteiger partial charge in [0.15, 0.2) is 12.1 Å². The Hall–Kier alpha value is -1.21. The lowest BCUT2D eigenvalue weighted by atomic mass is 9.48. The van der Waals surface area contributed by atoms with E-state index in [1.165, 1.54) is 18.3 Å². The number of methoxy groups -OCH3 is 1. The zero-order valence-electron chi connectivity index (χ0n) is 19.5. The molecule has 0 aromatic heterocycles. The van der Waals surface area contributed by atoms with Gasteiger partial charge < -0.3 is 24.1 Å². The van der Waals surface area contributed by atoms with Crippen molar-refractivity contribution in [2.24, 2.45) is 28.6 Å². The van der Waals surface area contributed by atoms with Crippen molar-refractivity contribution in [2.45, 2.75) is 82.9 Å². The monoisotopic (exact) mass is 444 g/mol. The SMILES string of the molecule is COC(=O)[C@@H]1C=C2CC3(CC[C@]2(C)C2=CC[C@@]4(C)[C@@H](CCC45CCC(O)O5)[C@@H]21)OCCO3. The summed E-state index contributed by atoms with van der Waals surface area (Å²) in [6.45, 7) is 5.98. The van der Waals surface area contributed by atoms with Crippen molar-refractivity contribution >= 4 is 5.97 Å². The van der Waals surface area contributed by atoms with E-state index in [4.69, 9.17) is 18.9 Å². The van der Waals surface area contributed by atoms with Gasteiger partial charge in [-0.1, -0.05) is 37.1 Å². The van der Waals surface area contributed by atoms with Crippen molar-refractivity contribution in [2.75, 3.05) is 20.3 Å². The number of aliphatic hydroxyl groups is 1. The fourth-order valence-corrected chi connectivity index (χ4v) is 8.46. The van der Waals surface area contributed by atoms with Crippen LogP contribution in [-0.2, 0) is 23.7 Å². The Morgan fingerprint density at radius 1 is 1.12 bits per heavy atom. The highest BCUT2D eigenvalue weighted by Gasteiger charge is 2.66. The van der Waals surface area contributed by atoms with Crippen LogP contribution >= 0.6 is 0 Å². The van der Waals surface area contributed by atoms with Crippen LogP contribution < -0.4 is 0 Å². The van der Waals surface area contributed by atoms with Gasteiger partial charge in [0.25, 0.3) is 0 Å². The van der Waals surface area contributed by atoms with Gasteiger partial charge in [-0.05, 0) is 38.0 Å². The number of carbonyl (C=O) groups excluding carboxylic acids is 1.